The van der Waals surface area contributed by atoms with E-state index in [1.807, 2.05) is 45.0 Å². The minimum Gasteiger partial charge on any atom is -0.443 e. The average molecular weight is 420 g/mol. The maximum atomic E-state index is 12.9. The number of nitrogens with zero attached hydrogens (tertiary/aromatic N) is 2. The zero-order valence-corrected chi connectivity index (χ0v) is 20.2. The topological polar surface area (TPSA) is 77.1 Å². The number of ether oxygens (including phenoxy) is 1. The molecule has 0 radical (unpaired) electrons. The summed E-state index contributed by atoms with van der Waals surface area (Å²) in [6.07, 6.45) is 0.396. The largest absolute Gasteiger partial charge is 0.443 e. The summed E-state index contributed by atoms with van der Waals surface area (Å²) in [6, 6.07) is 7.71. The summed E-state index contributed by atoms with van der Waals surface area (Å²) in [5.41, 5.74) is 1.92. The standard InChI is InChI=1S/C22H37N3O3Si/c1-21(2,3)28-20(26)25-15-16(13-14-27-29(7,8)22(4,5)6)19(24-23)17-11-9-10-12-18(17)25/h9-12,16H,13-15,23H2,1-8H3/b24-19+. The van der Waals surface area contributed by atoms with Crippen molar-refractivity contribution in [3.63, 3.8) is 0 Å². The Balaban J connectivity index is 2.24. The first kappa shape index (κ1) is 23.4. The van der Waals surface area contributed by atoms with Gasteiger partial charge in [0.25, 0.3) is 0 Å². The molecule has 162 valence electrons. The number of anilines is 1. The minimum atomic E-state index is -1.84. The molecule has 6 nitrogen and oxygen atoms in total. The van der Waals surface area contributed by atoms with Gasteiger partial charge >= 0.3 is 6.09 Å². The van der Waals surface area contributed by atoms with Gasteiger partial charge in [0.05, 0.1) is 11.4 Å². The molecule has 29 heavy (non-hydrogen) atoms. The maximum absolute atomic E-state index is 12.9. The first-order valence-electron chi connectivity index (χ1n) is 10.3. The molecule has 0 fully saturated rings. The summed E-state index contributed by atoms with van der Waals surface area (Å²) in [4.78, 5) is 14.6. The summed E-state index contributed by atoms with van der Waals surface area (Å²) in [7, 11) is -1.84. The Bertz CT molecular complexity index is 763. The minimum absolute atomic E-state index is 0.00723. The Labute approximate surface area is 176 Å². The lowest BCUT2D eigenvalue weighted by Gasteiger charge is -2.38. The summed E-state index contributed by atoms with van der Waals surface area (Å²) in [6.45, 7) is 17.9. The Morgan fingerprint density at radius 3 is 2.38 bits per heavy atom. The van der Waals surface area contributed by atoms with Crippen LogP contribution in [0.15, 0.2) is 29.4 Å². The van der Waals surface area contributed by atoms with Crippen LogP contribution in [0.5, 0.6) is 0 Å². The van der Waals surface area contributed by atoms with Crippen molar-refractivity contribution < 1.29 is 14.0 Å². The molecule has 1 aromatic carbocycles. The molecular formula is C22H37N3O3Si. The molecule has 1 aromatic rings. The third kappa shape index (κ3) is 5.60. The summed E-state index contributed by atoms with van der Waals surface area (Å²) in [5, 5.41) is 4.25. The molecule has 0 spiro atoms. The molecule has 1 aliphatic heterocycles. The molecule has 1 unspecified atom stereocenters. The van der Waals surface area contributed by atoms with E-state index >= 15 is 0 Å². The lowest BCUT2D eigenvalue weighted by Crippen LogP contribution is -2.46. The highest BCUT2D eigenvalue weighted by molar-refractivity contribution is 6.74. The first-order valence-corrected chi connectivity index (χ1v) is 13.2. The Kier molecular flexibility index (Phi) is 6.85. The molecule has 0 bridgehead atoms. The maximum Gasteiger partial charge on any atom is 0.414 e. The Morgan fingerprint density at radius 2 is 1.83 bits per heavy atom. The number of para-hydroxylation sites is 1. The fourth-order valence-electron chi connectivity index (χ4n) is 3.12. The van der Waals surface area contributed by atoms with E-state index in [1.54, 1.807) is 4.90 Å². The molecule has 1 atom stereocenters. The first-order chi connectivity index (χ1) is 13.3. The van der Waals surface area contributed by atoms with Crippen molar-refractivity contribution in [3.8, 4) is 0 Å². The summed E-state index contributed by atoms with van der Waals surface area (Å²) >= 11 is 0. The summed E-state index contributed by atoms with van der Waals surface area (Å²) in [5.74, 6) is 5.77. The number of carbonyl (C=O) groups excluding carboxylic acids is 1. The number of hydrazone groups is 1. The molecule has 0 saturated heterocycles. The zero-order chi connectivity index (χ0) is 22.0. The van der Waals surface area contributed by atoms with Crippen LogP contribution in [0, 0.1) is 5.92 Å². The zero-order valence-electron chi connectivity index (χ0n) is 19.2. The van der Waals surface area contributed by atoms with E-state index in [-0.39, 0.29) is 17.0 Å². The van der Waals surface area contributed by atoms with Crippen molar-refractivity contribution >= 4 is 25.8 Å². The highest BCUT2D eigenvalue weighted by Gasteiger charge is 2.39. The second kappa shape index (κ2) is 8.48. The molecule has 1 heterocycles. The third-order valence-corrected chi connectivity index (χ3v) is 10.3. The van der Waals surface area contributed by atoms with Crippen molar-refractivity contribution in [2.45, 2.75) is 71.7 Å². The van der Waals surface area contributed by atoms with E-state index in [0.29, 0.717) is 13.2 Å². The normalized spacial score (nSPS) is 19.2. The Morgan fingerprint density at radius 1 is 1.21 bits per heavy atom. The fourth-order valence-corrected chi connectivity index (χ4v) is 4.18. The van der Waals surface area contributed by atoms with Crippen LogP contribution in [-0.2, 0) is 9.16 Å². The molecule has 7 heteroatoms. The van der Waals surface area contributed by atoms with Gasteiger partial charge in [0.2, 0.25) is 0 Å². The van der Waals surface area contributed by atoms with Crippen LogP contribution in [0.1, 0.15) is 53.5 Å². The lowest BCUT2D eigenvalue weighted by atomic mass is 9.88. The van der Waals surface area contributed by atoms with Crippen molar-refractivity contribution in [1.82, 2.24) is 0 Å². The number of amides is 1. The predicted molar refractivity (Wildman–Crippen MR) is 122 cm³/mol. The van der Waals surface area contributed by atoms with Crippen LogP contribution in [0.2, 0.25) is 18.1 Å². The van der Waals surface area contributed by atoms with Gasteiger partial charge in [0.1, 0.15) is 5.60 Å². The van der Waals surface area contributed by atoms with Gasteiger partial charge < -0.3 is 15.0 Å². The smallest absolute Gasteiger partial charge is 0.414 e. The van der Waals surface area contributed by atoms with Gasteiger partial charge in [0, 0.05) is 24.6 Å². The van der Waals surface area contributed by atoms with Crippen molar-refractivity contribution in [3.05, 3.63) is 29.8 Å². The van der Waals surface area contributed by atoms with Gasteiger partial charge in [-0.05, 0) is 51.4 Å². The monoisotopic (exact) mass is 419 g/mol. The van der Waals surface area contributed by atoms with Crippen LogP contribution >= 0.6 is 0 Å². The van der Waals surface area contributed by atoms with E-state index < -0.39 is 13.9 Å². The van der Waals surface area contributed by atoms with Gasteiger partial charge in [-0.3, -0.25) is 4.90 Å². The average Bonchev–Trinajstić information content (AvgIpc) is 2.58. The second-order valence-corrected chi connectivity index (χ2v) is 15.0. The highest BCUT2D eigenvalue weighted by Crippen LogP contribution is 2.37. The second-order valence-electron chi connectivity index (χ2n) is 10.2. The molecule has 1 amide bonds. The molecule has 0 aromatic heterocycles. The third-order valence-electron chi connectivity index (χ3n) is 5.75. The highest BCUT2D eigenvalue weighted by atomic mass is 28.4. The molecular weight excluding hydrogens is 382 g/mol. The number of benzene rings is 1. The fraction of sp³-hybridized carbons (Fsp3) is 0.636. The molecule has 2 rings (SSSR count). The number of hydrogen-bond acceptors (Lipinski definition) is 5. The number of rotatable bonds is 4. The van der Waals surface area contributed by atoms with Crippen molar-refractivity contribution in [2.75, 3.05) is 18.1 Å². The van der Waals surface area contributed by atoms with Crippen LogP contribution in [0.4, 0.5) is 10.5 Å². The number of hydrogen-bond donors (Lipinski definition) is 1. The van der Waals surface area contributed by atoms with Gasteiger partial charge in [-0.15, -0.1) is 0 Å². The van der Waals surface area contributed by atoms with Crippen molar-refractivity contribution in [1.29, 1.82) is 0 Å². The van der Waals surface area contributed by atoms with Gasteiger partial charge in [-0.25, -0.2) is 4.79 Å². The van der Waals surface area contributed by atoms with Gasteiger partial charge in [-0.2, -0.15) is 5.10 Å². The number of fused-ring (bicyclic) bond motifs is 1. The lowest BCUT2D eigenvalue weighted by molar-refractivity contribution is 0.0575. The Hall–Kier alpha value is -1.86. The number of nitrogens with two attached hydrogens (primary N) is 1. The number of carbonyl (C=O) groups is 1. The van der Waals surface area contributed by atoms with Crippen LogP contribution in [0.25, 0.3) is 0 Å². The molecule has 0 saturated carbocycles. The SMILES string of the molecule is CC(C)(C)OC(=O)N1CC(CCO[Si](C)(C)C(C)(C)C)/C(=N\N)c2ccccc21. The predicted octanol–water partition coefficient (Wildman–Crippen LogP) is 5.13. The van der Waals surface area contributed by atoms with Crippen LogP contribution in [0.3, 0.4) is 0 Å². The molecule has 0 aliphatic carbocycles. The van der Waals surface area contributed by atoms with Gasteiger partial charge in [-0.1, -0.05) is 39.0 Å². The van der Waals surface area contributed by atoms with E-state index in [4.69, 9.17) is 15.0 Å². The molecule has 1 aliphatic rings. The van der Waals surface area contributed by atoms with Crippen molar-refractivity contribution in [2.24, 2.45) is 16.9 Å². The quantitative estimate of drug-likeness (QED) is 0.417. The summed E-state index contributed by atoms with van der Waals surface area (Å²) < 4.78 is 12.0. The van der Waals surface area contributed by atoms with E-state index in [0.717, 1.165) is 23.4 Å². The van der Waals surface area contributed by atoms with E-state index in [9.17, 15) is 4.79 Å². The van der Waals surface area contributed by atoms with Crippen LogP contribution in [-0.4, -0.2) is 38.9 Å². The van der Waals surface area contributed by atoms with Gasteiger partial charge in [0.15, 0.2) is 8.32 Å². The van der Waals surface area contributed by atoms with Crippen LogP contribution < -0.4 is 10.7 Å². The molecule has 2 N–H and O–H groups in total. The van der Waals surface area contributed by atoms with E-state index in [2.05, 4.69) is 39.0 Å². The van der Waals surface area contributed by atoms with E-state index in [1.165, 1.54) is 0 Å².